The Morgan fingerprint density at radius 2 is 2.11 bits per heavy atom. The summed E-state index contributed by atoms with van der Waals surface area (Å²) in [4.78, 5) is 13.8. The lowest BCUT2D eigenvalue weighted by Gasteiger charge is -2.17. The predicted octanol–water partition coefficient (Wildman–Crippen LogP) is 2.12. The van der Waals surface area contributed by atoms with Crippen molar-refractivity contribution >= 4 is 11.6 Å². The molecule has 1 aromatic rings. The molecule has 1 aliphatic rings. The Hall–Kier alpha value is -1.69. The van der Waals surface area contributed by atoms with Gasteiger partial charge >= 0.3 is 0 Å². The van der Waals surface area contributed by atoms with Crippen LogP contribution in [0.2, 0.25) is 0 Å². The Balaban J connectivity index is 2.21. The number of amides is 1. The average Bonchev–Trinajstić information content (AvgIpc) is 2.86. The van der Waals surface area contributed by atoms with E-state index < -0.39 is 17.3 Å². The summed E-state index contributed by atoms with van der Waals surface area (Å²) in [6.07, 6.45) is 1.94. The van der Waals surface area contributed by atoms with Crippen LogP contribution < -0.4 is 11.3 Å². The lowest BCUT2D eigenvalue weighted by molar-refractivity contribution is 0.0786. The van der Waals surface area contributed by atoms with Gasteiger partial charge in [-0.1, -0.05) is 13.3 Å². The molecule has 1 atom stereocenters. The van der Waals surface area contributed by atoms with Crippen molar-refractivity contribution < 1.29 is 13.6 Å². The summed E-state index contributed by atoms with van der Waals surface area (Å²) in [5.41, 5.74) is 1.53. The first kappa shape index (κ1) is 13.7. The van der Waals surface area contributed by atoms with Crippen LogP contribution in [0.5, 0.6) is 0 Å². The Morgan fingerprint density at radius 1 is 1.47 bits per heavy atom. The van der Waals surface area contributed by atoms with Gasteiger partial charge in [-0.3, -0.25) is 10.6 Å². The van der Waals surface area contributed by atoms with Crippen LogP contribution in [0.4, 0.5) is 14.5 Å². The zero-order valence-electron chi connectivity index (χ0n) is 10.7. The highest BCUT2D eigenvalue weighted by Crippen LogP contribution is 2.24. The molecular formula is C13H17F2N3O. The van der Waals surface area contributed by atoms with Gasteiger partial charge in [0, 0.05) is 18.7 Å². The van der Waals surface area contributed by atoms with Crippen molar-refractivity contribution in [3.05, 3.63) is 29.3 Å². The number of carbonyl (C=O) groups excluding carboxylic acids is 1. The van der Waals surface area contributed by atoms with Gasteiger partial charge in [0.05, 0.1) is 0 Å². The number of benzene rings is 1. The van der Waals surface area contributed by atoms with Crippen molar-refractivity contribution in [3.63, 3.8) is 0 Å². The second kappa shape index (κ2) is 5.52. The summed E-state index contributed by atoms with van der Waals surface area (Å²) < 4.78 is 27.1. The van der Waals surface area contributed by atoms with Crippen molar-refractivity contribution in [1.82, 2.24) is 4.90 Å². The van der Waals surface area contributed by atoms with Gasteiger partial charge in [0.25, 0.3) is 5.91 Å². The van der Waals surface area contributed by atoms with Gasteiger partial charge in [0.15, 0.2) is 11.6 Å². The van der Waals surface area contributed by atoms with Crippen LogP contribution in [0.25, 0.3) is 0 Å². The highest BCUT2D eigenvalue weighted by Gasteiger charge is 2.26. The summed E-state index contributed by atoms with van der Waals surface area (Å²) in [6, 6.07) is 2.03. The van der Waals surface area contributed by atoms with Crippen LogP contribution in [0.3, 0.4) is 0 Å². The number of carbonyl (C=O) groups is 1. The topological polar surface area (TPSA) is 58.4 Å². The van der Waals surface area contributed by atoms with Gasteiger partial charge in [0.1, 0.15) is 5.69 Å². The van der Waals surface area contributed by atoms with E-state index in [0.29, 0.717) is 19.0 Å². The zero-order valence-corrected chi connectivity index (χ0v) is 10.7. The fourth-order valence-corrected chi connectivity index (χ4v) is 2.37. The summed E-state index contributed by atoms with van der Waals surface area (Å²) in [5.74, 6) is 3.42. The van der Waals surface area contributed by atoms with Gasteiger partial charge in [-0.2, -0.15) is 0 Å². The third-order valence-electron chi connectivity index (χ3n) is 3.58. The van der Waals surface area contributed by atoms with Crippen LogP contribution in [-0.4, -0.2) is 23.9 Å². The van der Waals surface area contributed by atoms with Gasteiger partial charge in [-0.25, -0.2) is 8.78 Å². The molecule has 4 nitrogen and oxygen atoms in total. The number of anilines is 1. The molecule has 1 heterocycles. The maximum atomic E-state index is 13.5. The molecule has 6 heteroatoms. The van der Waals surface area contributed by atoms with Crippen molar-refractivity contribution in [2.75, 3.05) is 18.5 Å². The van der Waals surface area contributed by atoms with Gasteiger partial charge in [-0.15, -0.1) is 0 Å². The molecule has 0 radical (unpaired) electrons. The molecule has 2 rings (SSSR count). The number of hydrazine groups is 1. The minimum atomic E-state index is -0.864. The fourth-order valence-electron chi connectivity index (χ4n) is 2.37. The highest BCUT2D eigenvalue weighted by atomic mass is 19.1. The molecule has 0 spiro atoms. The number of likely N-dealkylation sites (tertiary alicyclic amines) is 1. The lowest BCUT2D eigenvalue weighted by atomic mass is 10.1. The summed E-state index contributed by atoms with van der Waals surface area (Å²) >= 11 is 0. The molecule has 1 aliphatic heterocycles. The Bertz CT molecular complexity index is 470. The molecule has 1 amide bonds. The summed E-state index contributed by atoms with van der Waals surface area (Å²) in [5, 5.41) is 0. The molecule has 1 unspecified atom stereocenters. The van der Waals surface area contributed by atoms with E-state index in [1.54, 1.807) is 4.90 Å². The number of rotatable bonds is 3. The van der Waals surface area contributed by atoms with Crippen molar-refractivity contribution in [2.45, 2.75) is 19.8 Å². The number of nitrogens with zero attached hydrogens (tertiary/aromatic N) is 1. The number of nitrogens with one attached hydrogen (secondary N) is 1. The van der Waals surface area contributed by atoms with E-state index in [0.717, 1.165) is 25.0 Å². The molecule has 0 aliphatic carbocycles. The van der Waals surface area contributed by atoms with Crippen LogP contribution in [0, 0.1) is 17.6 Å². The quantitative estimate of drug-likeness (QED) is 0.653. The average molecular weight is 269 g/mol. The number of hydrogen-bond acceptors (Lipinski definition) is 3. The third-order valence-corrected chi connectivity index (χ3v) is 3.58. The predicted molar refractivity (Wildman–Crippen MR) is 68.5 cm³/mol. The standard InChI is InChI=1S/C13H17F2N3O/c1-2-8-3-4-18(7-8)13(19)9-5-10(14)12(17-16)11(15)6-9/h5-6,8,17H,2-4,7,16H2,1H3. The van der Waals surface area contributed by atoms with E-state index in [1.165, 1.54) is 0 Å². The van der Waals surface area contributed by atoms with Gasteiger partial charge < -0.3 is 10.3 Å². The Morgan fingerprint density at radius 3 is 2.58 bits per heavy atom. The Labute approximate surface area is 110 Å². The van der Waals surface area contributed by atoms with Crippen molar-refractivity contribution in [1.29, 1.82) is 0 Å². The summed E-state index contributed by atoms with van der Waals surface area (Å²) in [6.45, 7) is 3.35. The van der Waals surface area contributed by atoms with Crippen LogP contribution in [0.1, 0.15) is 30.1 Å². The van der Waals surface area contributed by atoms with Crippen LogP contribution in [-0.2, 0) is 0 Å². The maximum absolute atomic E-state index is 13.5. The van der Waals surface area contributed by atoms with Crippen molar-refractivity contribution in [3.8, 4) is 0 Å². The molecule has 19 heavy (non-hydrogen) atoms. The van der Waals surface area contributed by atoms with E-state index in [-0.39, 0.29) is 11.5 Å². The number of nitrogens with two attached hydrogens (primary N) is 1. The number of halogens is 2. The number of hydrogen-bond donors (Lipinski definition) is 2. The molecule has 0 aromatic heterocycles. The first-order chi connectivity index (χ1) is 9.06. The zero-order chi connectivity index (χ0) is 14.0. The van der Waals surface area contributed by atoms with E-state index in [4.69, 9.17) is 5.84 Å². The molecule has 1 saturated heterocycles. The number of nitrogen functional groups attached to an aromatic ring is 1. The summed E-state index contributed by atoms with van der Waals surface area (Å²) in [7, 11) is 0. The second-order valence-electron chi connectivity index (χ2n) is 4.77. The van der Waals surface area contributed by atoms with Gasteiger partial charge in [0.2, 0.25) is 0 Å². The minimum Gasteiger partial charge on any atom is -0.338 e. The van der Waals surface area contributed by atoms with Gasteiger partial charge in [-0.05, 0) is 24.5 Å². The maximum Gasteiger partial charge on any atom is 0.254 e. The smallest absolute Gasteiger partial charge is 0.254 e. The Kier molecular flexibility index (Phi) is 3.99. The van der Waals surface area contributed by atoms with E-state index in [1.807, 2.05) is 5.43 Å². The second-order valence-corrected chi connectivity index (χ2v) is 4.77. The molecule has 3 N–H and O–H groups in total. The SMILES string of the molecule is CCC1CCN(C(=O)c2cc(F)c(NN)c(F)c2)C1. The molecule has 1 aromatic carbocycles. The fraction of sp³-hybridized carbons (Fsp3) is 0.462. The molecule has 0 saturated carbocycles. The molecule has 104 valence electrons. The van der Waals surface area contributed by atoms with E-state index in [2.05, 4.69) is 6.92 Å². The lowest BCUT2D eigenvalue weighted by Crippen LogP contribution is -2.29. The largest absolute Gasteiger partial charge is 0.338 e. The highest BCUT2D eigenvalue weighted by molar-refractivity contribution is 5.94. The van der Waals surface area contributed by atoms with E-state index in [9.17, 15) is 13.6 Å². The van der Waals surface area contributed by atoms with E-state index >= 15 is 0 Å². The molecule has 1 fully saturated rings. The first-order valence-corrected chi connectivity index (χ1v) is 6.31. The van der Waals surface area contributed by atoms with Crippen LogP contribution in [0.15, 0.2) is 12.1 Å². The van der Waals surface area contributed by atoms with Crippen LogP contribution >= 0.6 is 0 Å². The monoisotopic (exact) mass is 269 g/mol. The first-order valence-electron chi connectivity index (χ1n) is 6.31. The van der Waals surface area contributed by atoms with Crippen molar-refractivity contribution in [2.24, 2.45) is 11.8 Å². The third kappa shape index (κ3) is 2.68. The minimum absolute atomic E-state index is 0.0192. The molecule has 0 bridgehead atoms. The molecular weight excluding hydrogens is 252 g/mol. The normalized spacial score (nSPS) is 18.7.